The number of pyridine rings is 4. The van der Waals surface area contributed by atoms with E-state index in [0.717, 1.165) is 17.7 Å². The molecule has 4 heterocycles. The van der Waals surface area contributed by atoms with Crippen LogP contribution in [-0.2, 0) is 20.1 Å². The molecule has 4 aromatic rings. The average Bonchev–Trinajstić information content (AvgIpc) is 2.86. The molecule has 0 aromatic carbocycles. The van der Waals surface area contributed by atoms with Gasteiger partial charge >= 0.3 is 20.1 Å². The minimum atomic E-state index is -0.899. The summed E-state index contributed by atoms with van der Waals surface area (Å²) in [7, 11) is 0. The maximum atomic E-state index is 13.1. The molecular weight excluding hydrogens is 653 g/mol. The third-order valence-electron chi connectivity index (χ3n) is 4.55. The monoisotopic (exact) mass is 681 g/mol. The first-order valence-electron chi connectivity index (χ1n) is 11.5. The molecular formula is C27H28F2IrN7. The van der Waals surface area contributed by atoms with Crippen molar-refractivity contribution < 1.29 is 28.9 Å². The molecule has 0 bridgehead atoms. The molecule has 0 fully saturated rings. The second-order valence-corrected chi connectivity index (χ2v) is 8.18. The molecule has 0 aliphatic rings. The van der Waals surface area contributed by atoms with Crippen LogP contribution < -0.4 is 4.90 Å². The van der Waals surface area contributed by atoms with Crippen LogP contribution in [0.5, 0.6) is 0 Å². The first-order chi connectivity index (χ1) is 17.3. The zero-order valence-electron chi connectivity index (χ0n) is 21.0. The number of nitrogens with zero attached hydrogens (tertiary/aromatic N) is 7. The van der Waals surface area contributed by atoms with E-state index in [1.807, 2.05) is 41.3 Å². The van der Waals surface area contributed by atoms with Gasteiger partial charge in [0.05, 0.1) is 0 Å². The second kappa shape index (κ2) is 15.2. The molecule has 0 aliphatic heterocycles. The summed E-state index contributed by atoms with van der Waals surface area (Å²) in [6.07, 6.45) is 4.72. The fourth-order valence-electron chi connectivity index (χ4n) is 3.12. The third-order valence-corrected chi connectivity index (χ3v) is 4.55. The fraction of sp³-hybridized carbons (Fsp3) is 0.259. The Morgan fingerprint density at radius 2 is 1.27 bits per heavy atom. The molecule has 0 saturated heterocycles. The molecule has 0 radical (unpaired) electrons. The first kappa shape index (κ1) is 30.1. The predicted molar refractivity (Wildman–Crippen MR) is 138 cm³/mol. The van der Waals surface area contributed by atoms with Crippen LogP contribution in [0.25, 0.3) is 21.9 Å². The summed E-state index contributed by atoms with van der Waals surface area (Å²) in [6, 6.07) is 20.4. The van der Waals surface area contributed by atoms with E-state index >= 15 is 0 Å². The summed E-state index contributed by atoms with van der Waals surface area (Å²) in [5.74, 6) is -0.203. The summed E-state index contributed by atoms with van der Waals surface area (Å²) >= 11 is 0. The van der Waals surface area contributed by atoms with E-state index < -0.39 is 11.9 Å². The quantitative estimate of drug-likeness (QED) is 0.153. The number of hydrogen-bond donors (Lipinski definition) is 0. The Morgan fingerprint density at radius 1 is 0.757 bits per heavy atom. The van der Waals surface area contributed by atoms with Gasteiger partial charge in [-0.05, 0) is 36.0 Å². The van der Waals surface area contributed by atoms with Crippen molar-refractivity contribution in [3.63, 3.8) is 0 Å². The van der Waals surface area contributed by atoms with Crippen LogP contribution in [-0.4, -0.2) is 38.3 Å². The van der Waals surface area contributed by atoms with Gasteiger partial charge in [-0.15, -0.1) is 18.2 Å². The Bertz CT molecular complexity index is 1130. The Hall–Kier alpha value is -3.17. The molecule has 194 valence electrons. The molecule has 0 N–H and O–H groups in total. The summed E-state index contributed by atoms with van der Waals surface area (Å²) in [4.78, 5) is 17.8. The first-order valence-corrected chi connectivity index (χ1v) is 11.5. The summed E-state index contributed by atoms with van der Waals surface area (Å²) in [6.45, 7) is 8.21. The van der Waals surface area contributed by atoms with Crippen LogP contribution in [0.2, 0.25) is 0 Å². The van der Waals surface area contributed by atoms with E-state index in [4.69, 9.17) is 10.6 Å². The molecule has 0 atom stereocenters. The van der Waals surface area contributed by atoms with Gasteiger partial charge in [0.2, 0.25) is 0 Å². The summed E-state index contributed by atoms with van der Waals surface area (Å²) in [5, 5.41) is 9.50. The van der Waals surface area contributed by atoms with Gasteiger partial charge in [0.25, 0.3) is 0 Å². The molecule has 0 aliphatic carbocycles. The molecule has 0 saturated carbocycles. The Morgan fingerprint density at radius 3 is 1.68 bits per heavy atom. The fourth-order valence-corrected chi connectivity index (χ4v) is 3.12. The van der Waals surface area contributed by atoms with Gasteiger partial charge in [0.15, 0.2) is 0 Å². The largest absolute Gasteiger partial charge is 3.00 e. The summed E-state index contributed by atoms with van der Waals surface area (Å²) < 4.78 is 25.6. The van der Waals surface area contributed by atoms with Crippen molar-refractivity contribution in [2.45, 2.75) is 46.1 Å². The van der Waals surface area contributed by atoms with E-state index in [-0.39, 0.29) is 44.0 Å². The van der Waals surface area contributed by atoms with Gasteiger partial charge in [-0.2, -0.15) is 6.29 Å². The Kier molecular flexibility index (Phi) is 12.3. The molecule has 4 aromatic heterocycles. The van der Waals surface area contributed by atoms with Gasteiger partial charge < -0.3 is 20.5 Å². The van der Waals surface area contributed by atoms with Gasteiger partial charge in [0.1, 0.15) is 23.5 Å². The van der Waals surface area contributed by atoms with Crippen LogP contribution >= 0.6 is 0 Å². The molecule has 37 heavy (non-hydrogen) atoms. The predicted octanol–water partition coefficient (Wildman–Crippen LogP) is 6.68. The van der Waals surface area contributed by atoms with E-state index in [2.05, 4.69) is 53.7 Å². The topological polar surface area (TPSA) is 83.0 Å². The van der Waals surface area contributed by atoms with Gasteiger partial charge in [-0.3, -0.25) is 4.98 Å². The molecule has 4 rings (SSSR count). The van der Waals surface area contributed by atoms with Crippen molar-refractivity contribution in [1.82, 2.24) is 19.9 Å². The maximum Gasteiger partial charge on any atom is 3.00 e. The molecule has 0 unspecified atom stereocenters. The number of hydrogen-bond acceptors (Lipinski definition) is 5. The van der Waals surface area contributed by atoms with Gasteiger partial charge in [0, 0.05) is 18.6 Å². The zero-order valence-corrected chi connectivity index (χ0v) is 23.4. The molecule has 7 nitrogen and oxygen atoms in total. The van der Waals surface area contributed by atoms with Crippen molar-refractivity contribution in [1.29, 1.82) is 0 Å². The Labute approximate surface area is 230 Å². The second-order valence-electron chi connectivity index (χ2n) is 8.18. The smallest absolute Gasteiger partial charge is 0.658 e. The van der Waals surface area contributed by atoms with Crippen molar-refractivity contribution in [2.75, 3.05) is 4.90 Å². The minimum Gasteiger partial charge on any atom is -0.658 e. The third kappa shape index (κ3) is 9.33. The number of halogens is 2. The average molecular weight is 681 g/mol. The van der Waals surface area contributed by atoms with Crippen LogP contribution in [0, 0.1) is 18.0 Å². The number of rotatable bonds is 8. The van der Waals surface area contributed by atoms with Crippen LogP contribution in [0.1, 0.15) is 27.7 Å². The van der Waals surface area contributed by atoms with E-state index in [9.17, 15) is 8.78 Å². The SMILES string of the molecule is CC(C)[N-]C([N-]C(C)C)N(c1ccccn1)c1ccccn1.Fc1c[c-]c(-c2ccccn2)c(F)n1.[Ir+3]. The van der Waals surface area contributed by atoms with Crippen molar-refractivity contribution in [3.05, 3.63) is 108 Å². The van der Waals surface area contributed by atoms with Gasteiger partial charge in [-0.1, -0.05) is 63.6 Å². The number of aromatic nitrogens is 4. The molecule has 10 heteroatoms. The van der Waals surface area contributed by atoms with E-state index in [1.165, 1.54) is 6.20 Å². The van der Waals surface area contributed by atoms with E-state index in [0.29, 0.717) is 5.69 Å². The van der Waals surface area contributed by atoms with Gasteiger partial charge in [-0.25, -0.2) is 18.7 Å². The minimum absolute atomic E-state index is 0. The van der Waals surface area contributed by atoms with Crippen LogP contribution in [0.4, 0.5) is 20.4 Å². The Balaban J connectivity index is 0.000000277. The van der Waals surface area contributed by atoms with E-state index in [1.54, 1.807) is 30.6 Å². The molecule has 0 amide bonds. The van der Waals surface area contributed by atoms with Crippen LogP contribution in [0.15, 0.2) is 79.3 Å². The zero-order chi connectivity index (χ0) is 25.9. The van der Waals surface area contributed by atoms with Crippen molar-refractivity contribution >= 4 is 11.6 Å². The number of anilines is 2. The van der Waals surface area contributed by atoms with Crippen LogP contribution in [0.3, 0.4) is 0 Å². The normalized spacial score (nSPS) is 10.6. The standard InChI is InChI=1S/C17H23N5.C10H5F2N2.Ir/c1-13(2)20-17(21-14(3)4)22(15-9-5-7-11-18-15)16-10-6-8-12-19-16;11-9-5-4-7(10(12)14-9)8-3-1-2-6-13-8;/h5-14,17H,1-4H3;1-3,5-6H;/q-2;-1;+3. The molecule has 0 spiro atoms. The summed E-state index contributed by atoms with van der Waals surface area (Å²) in [5.41, 5.74) is 0.463. The maximum absolute atomic E-state index is 13.1. The van der Waals surface area contributed by atoms with Crippen molar-refractivity contribution in [3.8, 4) is 11.3 Å². The van der Waals surface area contributed by atoms with Crippen molar-refractivity contribution in [2.24, 2.45) is 0 Å².